The van der Waals surface area contributed by atoms with Gasteiger partial charge in [-0.1, -0.05) is 50.7 Å². The van der Waals surface area contributed by atoms with Crippen molar-refractivity contribution in [3.63, 3.8) is 0 Å². The quantitative estimate of drug-likeness (QED) is 0.575. The molecule has 9 nitrogen and oxygen atoms in total. The first kappa shape index (κ1) is 24.2. The number of amides is 1. The number of rotatable bonds is 6. The summed E-state index contributed by atoms with van der Waals surface area (Å²) in [4.78, 5) is 19.4. The van der Waals surface area contributed by atoms with Crippen molar-refractivity contribution in [2.45, 2.75) is 50.8 Å². The lowest BCUT2D eigenvalue weighted by atomic mass is 9.86. The largest absolute Gasteiger partial charge is 0.385 e. The number of hydrogen-bond donors (Lipinski definition) is 1. The zero-order valence-electron chi connectivity index (χ0n) is 20.0. The molecule has 2 aromatic carbocycles. The third kappa shape index (κ3) is 5.07. The Bertz CT molecular complexity index is 1300. The summed E-state index contributed by atoms with van der Waals surface area (Å²) < 4.78 is 27.9. The maximum atomic E-state index is 13.2. The van der Waals surface area contributed by atoms with Crippen molar-refractivity contribution in [2.75, 3.05) is 25.0 Å². The van der Waals surface area contributed by atoms with Crippen LogP contribution in [-0.4, -0.2) is 53.5 Å². The average molecular weight is 486 g/mol. The molecule has 1 aliphatic rings. The summed E-state index contributed by atoms with van der Waals surface area (Å²) in [6.07, 6.45) is 1.87. The van der Waals surface area contributed by atoms with Crippen LogP contribution in [0, 0.1) is 5.92 Å². The zero-order chi connectivity index (χ0) is 24.5. The van der Waals surface area contributed by atoms with Gasteiger partial charge < -0.3 is 10.2 Å². The van der Waals surface area contributed by atoms with Crippen molar-refractivity contribution in [2.24, 2.45) is 5.92 Å². The summed E-state index contributed by atoms with van der Waals surface area (Å²) in [5.41, 5.74) is 2.45. The molecule has 1 unspecified atom stereocenters. The van der Waals surface area contributed by atoms with Crippen molar-refractivity contribution in [1.29, 1.82) is 0 Å². The highest BCUT2D eigenvalue weighted by Crippen LogP contribution is 2.29. The van der Waals surface area contributed by atoms with Gasteiger partial charge in [-0.3, -0.25) is 4.79 Å². The Morgan fingerprint density at radius 1 is 1.21 bits per heavy atom. The van der Waals surface area contributed by atoms with Crippen LogP contribution in [0.4, 0.5) is 5.69 Å². The third-order valence-electron chi connectivity index (χ3n) is 5.97. The number of nitrogens with one attached hydrogen (secondary N) is 1. The first-order valence-electron chi connectivity index (χ1n) is 11.4. The molecule has 0 saturated carbocycles. The van der Waals surface area contributed by atoms with Crippen LogP contribution in [0.2, 0.25) is 0 Å². The number of anilines is 1. The number of carbonyl (C=O) groups is 1. The normalized spacial score (nSPS) is 17.6. The Morgan fingerprint density at radius 2 is 1.97 bits per heavy atom. The Morgan fingerprint density at radius 3 is 2.71 bits per heavy atom. The summed E-state index contributed by atoms with van der Waals surface area (Å²) >= 11 is 0. The van der Waals surface area contributed by atoms with E-state index in [0.717, 1.165) is 28.9 Å². The Hall–Kier alpha value is -2.98. The van der Waals surface area contributed by atoms with E-state index in [2.05, 4.69) is 43.3 Å². The van der Waals surface area contributed by atoms with Gasteiger partial charge >= 0.3 is 0 Å². The maximum absolute atomic E-state index is 13.2. The predicted octanol–water partition coefficient (Wildman–Crippen LogP) is 3.22. The first-order chi connectivity index (χ1) is 16.1. The number of piperidine rings is 1. The molecule has 1 amide bonds. The van der Waals surface area contributed by atoms with Crippen molar-refractivity contribution >= 4 is 32.7 Å². The molecule has 3 aromatic rings. The molecule has 1 atom stereocenters. The van der Waals surface area contributed by atoms with Gasteiger partial charge in [0.2, 0.25) is 10.0 Å². The van der Waals surface area contributed by atoms with Gasteiger partial charge in [0, 0.05) is 18.8 Å². The highest BCUT2D eigenvalue weighted by molar-refractivity contribution is 7.89. The molecule has 2 heterocycles. The number of sulfonamides is 1. The molecule has 1 aliphatic heterocycles. The van der Waals surface area contributed by atoms with Gasteiger partial charge in [-0.25, -0.2) is 8.42 Å². The van der Waals surface area contributed by atoms with E-state index in [1.54, 1.807) is 6.07 Å². The van der Waals surface area contributed by atoms with E-state index < -0.39 is 10.0 Å². The minimum absolute atomic E-state index is 0.138. The molecule has 34 heavy (non-hydrogen) atoms. The lowest BCUT2D eigenvalue weighted by molar-refractivity contribution is -0.121. The highest BCUT2D eigenvalue weighted by Gasteiger charge is 2.29. The van der Waals surface area contributed by atoms with E-state index in [1.807, 2.05) is 24.3 Å². The van der Waals surface area contributed by atoms with Gasteiger partial charge in [0.25, 0.3) is 5.91 Å². The van der Waals surface area contributed by atoms with E-state index in [1.165, 1.54) is 16.4 Å². The van der Waals surface area contributed by atoms with Crippen LogP contribution in [0.25, 0.3) is 11.0 Å². The summed E-state index contributed by atoms with van der Waals surface area (Å²) in [5, 5.41) is 10.8. The second kappa shape index (κ2) is 9.34. The number of aromatic nitrogens is 3. The topological polar surface area (TPSA) is 106 Å². The van der Waals surface area contributed by atoms with E-state index in [9.17, 15) is 13.2 Å². The van der Waals surface area contributed by atoms with Crippen molar-refractivity contribution in [1.82, 2.24) is 19.5 Å². The number of hydrogen-bond acceptors (Lipinski definition) is 6. The Labute approximate surface area is 200 Å². The molecule has 0 radical (unpaired) electrons. The lowest BCUT2D eigenvalue weighted by Gasteiger charge is -2.30. The van der Waals surface area contributed by atoms with Crippen molar-refractivity contribution in [3.05, 3.63) is 48.0 Å². The smallest absolute Gasteiger partial charge is 0.265 e. The molecule has 10 heteroatoms. The van der Waals surface area contributed by atoms with E-state index >= 15 is 0 Å². The molecule has 0 spiro atoms. The number of carbonyl (C=O) groups excluding carboxylic acids is 1. The van der Waals surface area contributed by atoms with Crippen LogP contribution in [0.1, 0.15) is 46.1 Å². The summed E-state index contributed by atoms with van der Waals surface area (Å²) in [6, 6.07) is 12.3. The summed E-state index contributed by atoms with van der Waals surface area (Å²) in [6.45, 7) is 8.99. The Kier molecular flexibility index (Phi) is 6.64. The van der Waals surface area contributed by atoms with Crippen LogP contribution < -0.4 is 10.2 Å². The standard InChI is InChI=1S/C24H31N5O4S/c1-17-8-7-13-28(15-17)34(31,32)18-11-12-21-22(14-18)29(27-26-21)33-16-23(30)25-20-10-6-5-9-19(20)24(2,3)4/h5-6,9-12,14,17H,7-8,13,15-16H2,1-4H3,(H,25,30). The third-order valence-corrected chi connectivity index (χ3v) is 7.83. The molecular formula is C24H31N5O4S. The SMILES string of the molecule is CC1CCCN(S(=O)(=O)c2ccc3nnn(OCC(=O)Nc4ccccc4C(C)(C)C)c3c2)C1. The zero-order valence-corrected chi connectivity index (χ0v) is 20.8. The maximum Gasteiger partial charge on any atom is 0.265 e. The Balaban J connectivity index is 1.50. The van der Waals surface area contributed by atoms with Gasteiger partial charge in [-0.05, 0) is 59.2 Å². The van der Waals surface area contributed by atoms with E-state index in [0.29, 0.717) is 30.0 Å². The molecule has 4 rings (SSSR count). The van der Waals surface area contributed by atoms with Crippen molar-refractivity contribution in [3.8, 4) is 0 Å². The number of para-hydroxylation sites is 1. The minimum Gasteiger partial charge on any atom is -0.385 e. The van der Waals surface area contributed by atoms with E-state index in [-0.39, 0.29) is 22.8 Å². The van der Waals surface area contributed by atoms with Crippen LogP contribution in [0.15, 0.2) is 47.4 Å². The second-order valence-corrected chi connectivity index (χ2v) is 11.8. The first-order valence-corrected chi connectivity index (χ1v) is 12.9. The van der Waals surface area contributed by atoms with Gasteiger partial charge in [-0.15, -0.1) is 5.10 Å². The molecule has 0 aliphatic carbocycles. The monoisotopic (exact) mass is 485 g/mol. The van der Waals surface area contributed by atoms with Crippen LogP contribution in [0.3, 0.4) is 0 Å². The van der Waals surface area contributed by atoms with E-state index in [4.69, 9.17) is 4.84 Å². The summed E-state index contributed by atoms with van der Waals surface area (Å²) in [7, 11) is -3.64. The van der Waals surface area contributed by atoms with Crippen LogP contribution >= 0.6 is 0 Å². The van der Waals surface area contributed by atoms with Crippen LogP contribution in [0.5, 0.6) is 0 Å². The number of benzene rings is 2. The molecule has 1 N–H and O–H groups in total. The fourth-order valence-electron chi connectivity index (χ4n) is 4.20. The van der Waals surface area contributed by atoms with Crippen LogP contribution in [-0.2, 0) is 20.2 Å². The fourth-order valence-corrected chi connectivity index (χ4v) is 5.82. The molecule has 1 fully saturated rings. The van der Waals surface area contributed by atoms with Gasteiger partial charge in [0.05, 0.1) is 4.90 Å². The number of fused-ring (bicyclic) bond motifs is 1. The second-order valence-electron chi connectivity index (χ2n) is 9.84. The lowest BCUT2D eigenvalue weighted by Crippen LogP contribution is -2.39. The molecule has 1 saturated heterocycles. The highest BCUT2D eigenvalue weighted by atomic mass is 32.2. The molecule has 1 aromatic heterocycles. The number of nitrogens with zero attached hydrogens (tertiary/aromatic N) is 4. The van der Waals surface area contributed by atoms with Gasteiger partial charge in [0.1, 0.15) is 11.0 Å². The minimum atomic E-state index is -3.64. The fraction of sp³-hybridized carbons (Fsp3) is 0.458. The summed E-state index contributed by atoms with van der Waals surface area (Å²) in [5.74, 6) is -0.0314. The van der Waals surface area contributed by atoms with Gasteiger partial charge in [-0.2, -0.15) is 4.31 Å². The average Bonchev–Trinajstić information content (AvgIpc) is 3.19. The molecule has 182 valence electrons. The predicted molar refractivity (Wildman–Crippen MR) is 130 cm³/mol. The molecular weight excluding hydrogens is 454 g/mol. The van der Waals surface area contributed by atoms with Crippen molar-refractivity contribution < 1.29 is 18.0 Å². The molecule has 0 bridgehead atoms. The van der Waals surface area contributed by atoms with Gasteiger partial charge in [0.15, 0.2) is 6.61 Å².